The molecule has 2 aromatic carbocycles. The first kappa shape index (κ1) is 21.1. The molecule has 1 saturated heterocycles. The predicted molar refractivity (Wildman–Crippen MR) is 99.8 cm³/mol. The van der Waals surface area contributed by atoms with Crippen molar-refractivity contribution in [1.29, 1.82) is 0 Å². The second kappa shape index (κ2) is 9.26. The van der Waals surface area contributed by atoms with E-state index in [4.69, 9.17) is 4.74 Å². The van der Waals surface area contributed by atoms with Gasteiger partial charge in [-0.25, -0.2) is 4.39 Å². The molecule has 1 heterocycles. The van der Waals surface area contributed by atoms with Crippen LogP contribution in [-0.2, 0) is 17.5 Å². The lowest BCUT2D eigenvalue weighted by atomic mass is 10.1. The van der Waals surface area contributed by atoms with E-state index < -0.39 is 17.6 Å². The lowest BCUT2D eigenvalue weighted by Gasteiger charge is -2.22. The summed E-state index contributed by atoms with van der Waals surface area (Å²) < 4.78 is 56.9. The maximum atomic E-state index is 13.6. The van der Waals surface area contributed by atoms with Crippen molar-refractivity contribution >= 4 is 5.91 Å². The molecule has 0 saturated carbocycles. The highest BCUT2D eigenvalue weighted by atomic mass is 19.4. The van der Waals surface area contributed by atoms with Crippen molar-refractivity contribution in [2.45, 2.75) is 19.1 Å². The third-order valence-corrected chi connectivity index (χ3v) is 4.82. The number of amides is 1. The molecule has 0 spiro atoms. The minimum atomic E-state index is -4.34. The molecule has 1 aliphatic heterocycles. The minimum Gasteiger partial charge on any atom is -0.481 e. The van der Waals surface area contributed by atoms with Gasteiger partial charge in [0.2, 0.25) is 0 Å². The molecular weight excluding hydrogens is 388 g/mol. The molecule has 1 fully saturated rings. The van der Waals surface area contributed by atoms with Crippen LogP contribution in [0.25, 0.3) is 0 Å². The van der Waals surface area contributed by atoms with Crippen molar-refractivity contribution in [2.24, 2.45) is 0 Å². The number of benzene rings is 2. The highest BCUT2D eigenvalue weighted by molar-refractivity contribution is 5.77. The smallest absolute Gasteiger partial charge is 0.416 e. The van der Waals surface area contributed by atoms with Gasteiger partial charge in [-0.2, -0.15) is 13.2 Å². The molecular formula is C21H22F4N2O2. The summed E-state index contributed by atoms with van der Waals surface area (Å²) in [7, 11) is 0. The van der Waals surface area contributed by atoms with Crippen LogP contribution in [0.5, 0.6) is 5.75 Å². The van der Waals surface area contributed by atoms with E-state index in [1.54, 1.807) is 17.0 Å². The zero-order chi connectivity index (χ0) is 20.9. The third kappa shape index (κ3) is 5.93. The number of hydrogen-bond acceptors (Lipinski definition) is 3. The van der Waals surface area contributed by atoms with Crippen molar-refractivity contribution in [3.8, 4) is 5.75 Å². The van der Waals surface area contributed by atoms with Gasteiger partial charge in [-0.1, -0.05) is 24.3 Å². The fourth-order valence-electron chi connectivity index (χ4n) is 3.23. The summed E-state index contributed by atoms with van der Waals surface area (Å²) >= 11 is 0. The van der Waals surface area contributed by atoms with E-state index in [0.29, 0.717) is 26.2 Å². The molecule has 2 aromatic rings. The topological polar surface area (TPSA) is 32.8 Å². The average molecular weight is 410 g/mol. The Bertz CT molecular complexity index is 824. The zero-order valence-electron chi connectivity index (χ0n) is 15.8. The summed E-state index contributed by atoms with van der Waals surface area (Å²) in [6.07, 6.45) is -3.60. The number of carbonyl (C=O) groups excluding carboxylic acids is 1. The lowest BCUT2D eigenvalue weighted by molar-refractivity contribution is -0.137. The van der Waals surface area contributed by atoms with Gasteiger partial charge in [-0.15, -0.1) is 0 Å². The lowest BCUT2D eigenvalue weighted by Crippen LogP contribution is -2.38. The first-order valence-corrected chi connectivity index (χ1v) is 9.36. The van der Waals surface area contributed by atoms with Gasteiger partial charge in [0.05, 0.1) is 5.56 Å². The molecule has 1 aliphatic rings. The second-order valence-corrected chi connectivity index (χ2v) is 6.92. The van der Waals surface area contributed by atoms with Crippen LogP contribution in [0.3, 0.4) is 0 Å². The first-order chi connectivity index (χ1) is 13.8. The van der Waals surface area contributed by atoms with E-state index >= 15 is 0 Å². The fourth-order valence-corrected chi connectivity index (χ4v) is 3.23. The predicted octanol–water partition coefficient (Wildman–Crippen LogP) is 3.96. The maximum Gasteiger partial charge on any atom is 0.416 e. The molecule has 1 amide bonds. The van der Waals surface area contributed by atoms with Crippen molar-refractivity contribution in [3.05, 3.63) is 65.5 Å². The van der Waals surface area contributed by atoms with Gasteiger partial charge in [0.25, 0.3) is 5.91 Å². The molecule has 8 heteroatoms. The molecule has 0 atom stereocenters. The Balaban J connectivity index is 1.49. The molecule has 0 radical (unpaired) electrons. The molecule has 0 aliphatic carbocycles. The monoisotopic (exact) mass is 410 g/mol. The number of nitrogens with zero attached hydrogens (tertiary/aromatic N) is 2. The molecule has 156 valence electrons. The Morgan fingerprint density at radius 3 is 2.38 bits per heavy atom. The third-order valence-electron chi connectivity index (χ3n) is 4.82. The molecule has 29 heavy (non-hydrogen) atoms. The van der Waals surface area contributed by atoms with Gasteiger partial charge in [0.15, 0.2) is 18.2 Å². The van der Waals surface area contributed by atoms with Crippen molar-refractivity contribution in [3.63, 3.8) is 0 Å². The standard InChI is InChI=1S/C21H22F4N2O2/c22-18-4-1-2-5-19(18)29-15-20(28)27-11-3-10-26(12-13-27)14-16-6-8-17(9-7-16)21(23,24)25/h1-2,4-9H,3,10-15H2. The number of carbonyl (C=O) groups is 1. The number of ether oxygens (including phenoxy) is 1. The molecule has 4 nitrogen and oxygen atoms in total. The van der Waals surface area contributed by atoms with Gasteiger partial charge >= 0.3 is 6.18 Å². The van der Waals surface area contributed by atoms with E-state index in [2.05, 4.69) is 4.90 Å². The number of alkyl halides is 3. The van der Waals surface area contributed by atoms with Gasteiger partial charge in [0, 0.05) is 32.7 Å². The Labute approximate surface area is 166 Å². The number of halogens is 4. The van der Waals surface area contributed by atoms with Crippen LogP contribution in [0.1, 0.15) is 17.5 Å². The van der Waals surface area contributed by atoms with Crippen molar-refractivity contribution < 1.29 is 27.1 Å². The summed E-state index contributed by atoms with van der Waals surface area (Å²) in [6.45, 7) is 2.67. The van der Waals surface area contributed by atoms with Gasteiger partial charge in [-0.05, 0) is 36.2 Å². The van der Waals surface area contributed by atoms with Crippen molar-refractivity contribution in [2.75, 3.05) is 32.8 Å². The summed E-state index contributed by atoms with van der Waals surface area (Å²) in [5, 5.41) is 0. The minimum absolute atomic E-state index is 0.0413. The van der Waals surface area contributed by atoms with Crippen LogP contribution >= 0.6 is 0 Å². The van der Waals surface area contributed by atoms with Crippen LogP contribution in [0, 0.1) is 5.82 Å². The van der Waals surface area contributed by atoms with Crippen LogP contribution < -0.4 is 4.74 Å². The number of para-hydroxylation sites is 1. The van der Waals surface area contributed by atoms with Crippen LogP contribution in [0.4, 0.5) is 17.6 Å². The first-order valence-electron chi connectivity index (χ1n) is 9.36. The number of hydrogen-bond donors (Lipinski definition) is 0. The van der Waals surface area contributed by atoms with Crippen LogP contribution in [-0.4, -0.2) is 48.5 Å². The quantitative estimate of drug-likeness (QED) is 0.700. The average Bonchev–Trinajstić information content (AvgIpc) is 2.92. The summed E-state index contributed by atoms with van der Waals surface area (Å²) in [6, 6.07) is 11.1. The Hall–Kier alpha value is -2.61. The maximum absolute atomic E-state index is 13.6. The highest BCUT2D eigenvalue weighted by Gasteiger charge is 2.30. The van der Waals surface area contributed by atoms with Gasteiger partial charge in [-0.3, -0.25) is 9.69 Å². The van der Waals surface area contributed by atoms with E-state index in [-0.39, 0.29) is 18.3 Å². The SMILES string of the molecule is O=C(COc1ccccc1F)N1CCCN(Cc2ccc(C(F)(F)F)cc2)CC1. The summed E-state index contributed by atoms with van der Waals surface area (Å²) in [4.78, 5) is 16.2. The second-order valence-electron chi connectivity index (χ2n) is 6.92. The van der Waals surface area contributed by atoms with Crippen molar-refractivity contribution in [1.82, 2.24) is 9.80 Å². The van der Waals surface area contributed by atoms with Crippen LogP contribution in [0.2, 0.25) is 0 Å². The molecule has 3 rings (SSSR count). The van der Waals surface area contributed by atoms with E-state index in [1.165, 1.54) is 24.3 Å². The molecule has 0 bridgehead atoms. The zero-order valence-corrected chi connectivity index (χ0v) is 15.8. The van der Waals surface area contributed by atoms with Gasteiger partial charge in [0.1, 0.15) is 0 Å². The fraction of sp³-hybridized carbons (Fsp3) is 0.381. The Morgan fingerprint density at radius 1 is 0.966 bits per heavy atom. The summed E-state index contributed by atoms with van der Waals surface area (Å²) in [5.41, 5.74) is 0.129. The molecule has 0 aromatic heterocycles. The van der Waals surface area contributed by atoms with E-state index in [1.807, 2.05) is 0 Å². The van der Waals surface area contributed by atoms with Crippen LogP contribution in [0.15, 0.2) is 48.5 Å². The van der Waals surface area contributed by atoms with Gasteiger partial charge < -0.3 is 9.64 Å². The Morgan fingerprint density at radius 2 is 1.69 bits per heavy atom. The Kier molecular flexibility index (Phi) is 6.74. The normalized spacial score (nSPS) is 15.8. The largest absolute Gasteiger partial charge is 0.481 e. The summed E-state index contributed by atoms with van der Waals surface area (Å²) in [5.74, 6) is -0.692. The molecule has 0 N–H and O–H groups in total. The highest BCUT2D eigenvalue weighted by Crippen LogP contribution is 2.29. The number of rotatable bonds is 5. The van der Waals surface area contributed by atoms with E-state index in [9.17, 15) is 22.4 Å². The van der Waals surface area contributed by atoms with E-state index in [0.717, 1.165) is 30.7 Å². The molecule has 0 unspecified atom stereocenters.